The van der Waals surface area contributed by atoms with Gasteiger partial charge < -0.3 is 5.11 Å². The minimum Gasteiger partial charge on any atom is -0.481 e. The van der Waals surface area contributed by atoms with E-state index in [-0.39, 0.29) is 11.4 Å². The van der Waals surface area contributed by atoms with E-state index < -0.39 is 5.97 Å². The molecule has 3 N–H and O–H groups in total. The maximum absolute atomic E-state index is 12.1. The number of hydrogen-bond donors (Lipinski definition) is 3. The van der Waals surface area contributed by atoms with Gasteiger partial charge in [-0.2, -0.15) is 5.10 Å². The van der Waals surface area contributed by atoms with Crippen molar-refractivity contribution < 1.29 is 19.7 Å². The molecular formula is C18H15N6O4S+. The van der Waals surface area contributed by atoms with Gasteiger partial charge in [-0.1, -0.05) is 17.8 Å². The van der Waals surface area contributed by atoms with Gasteiger partial charge in [-0.05, 0) is 29.3 Å². The molecular weight excluding hydrogens is 396 g/mol. The number of carboxylic acid groups (broad SMARTS) is 1. The first-order chi connectivity index (χ1) is 14.0. The molecule has 0 saturated heterocycles. The zero-order chi connectivity index (χ0) is 20.4. The Kier molecular flexibility index (Phi) is 4.96. The largest absolute Gasteiger partial charge is 0.481 e. The number of aliphatic carboxylic acids is 1. The normalized spacial score (nSPS) is 10.9. The van der Waals surface area contributed by atoms with Crippen molar-refractivity contribution in [2.45, 2.75) is 5.16 Å². The summed E-state index contributed by atoms with van der Waals surface area (Å²) in [6.45, 7) is 0. The zero-order valence-corrected chi connectivity index (χ0v) is 15.9. The maximum Gasteiger partial charge on any atom is 0.318 e. The van der Waals surface area contributed by atoms with Gasteiger partial charge in [0, 0.05) is 23.1 Å². The van der Waals surface area contributed by atoms with E-state index >= 15 is 0 Å². The average molecular weight is 411 g/mol. The Balaban J connectivity index is 1.76. The van der Waals surface area contributed by atoms with Crippen LogP contribution in [0.5, 0.6) is 0 Å². The van der Waals surface area contributed by atoms with Crippen molar-refractivity contribution in [1.82, 2.24) is 25.4 Å². The van der Waals surface area contributed by atoms with E-state index in [9.17, 15) is 9.70 Å². The van der Waals surface area contributed by atoms with Crippen LogP contribution in [0.2, 0.25) is 0 Å². The SMILES string of the molecule is CO[N+](=O)c1cc(-c2ccc3[nH]ncc3c2)cc(-c2nc(SCC(=O)O)n[nH]2)c1. The molecule has 10 nitrogen and oxygen atoms in total. The van der Waals surface area contributed by atoms with Gasteiger partial charge in [0.2, 0.25) is 5.16 Å². The van der Waals surface area contributed by atoms with Crippen molar-refractivity contribution in [3.05, 3.63) is 47.5 Å². The molecule has 4 aromatic rings. The summed E-state index contributed by atoms with van der Waals surface area (Å²) in [6.07, 6.45) is 1.72. The number of aromatic nitrogens is 5. The van der Waals surface area contributed by atoms with Crippen LogP contribution in [0.15, 0.2) is 47.8 Å². The molecule has 0 atom stereocenters. The van der Waals surface area contributed by atoms with Crippen molar-refractivity contribution in [3.63, 3.8) is 0 Å². The topological polar surface area (TPSA) is 137 Å². The second-order valence-electron chi connectivity index (χ2n) is 6.03. The first-order valence-electron chi connectivity index (χ1n) is 8.41. The van der Waals surface area contributed by atoms with E-state index in [1.54, 1.807) is 18.3 Å². The number of benzene rings is 2. The minimum absolute atomic E-state index is 0.148. The van der Waals surface area contributed by atoms with Crippen LogP contribution in [0.25, 0.3) is 33.4 Å². The molecule has 2 aromatic carbocycles. The van der Waals surface area contributed by atoms with Crippen molar-refractivity contribution in [2.24, 2.45) is 0 Å². The molecule has 0 aliphatic rings. The lowest BCUT2D eigenvalue weighted by molar-refractivity contribution is -0.736. The first-order valence-corrected chi connectivity index (χ1v) is 9.39. The Hall–Kier alpha value is -3.73. The lowest BCUT2D eigenvalue weighted by Crippen LogP contribution is -1.99. The number of H-pyrrole nitrogens is 2. The summed E-state index contributed by atoms with van der Waals surface area (Å²) in [5.74, 6) is -0.692. The molecule has 29 heavy (non-hydrogen) atoms. The summed E-state index contributed by atoms with van der Waals surface area (Å²) in [5, 5.41) is 23.8. The van der Waals surface area contributed by atoms with Gasteiger partial charge in [0.25, 0.3) is 4.92 Å². The van der Waals surface area contributed by atoms with E-state index in [4.69, 9.17) is 9.94 Å². The highest BCUT2D eigenvalue weighted by molar-refractivity contribution is 7.99. The molecule has 2 heterocycles. The second-order valence-corrected chi connectivity index (χ2v) is 6.97. The zero-order valence-electron chi connectivity index (χ0n) is 15.1. The average Bonchev–Trinajstić information content (AvgIpc) is 3.40. The van der Waals surface area contributed by atoms with Crippen LogP contribution < -0.4 is 0 Å². The molecule has 146 valence electrons. The van der Waals surface area contributed by atoms with Gasteiger partial charge in [0.1, 0.15) is 0 Å². The van der Waals surface area contributed by atoms with Crippen LogP contribution in [0.3, 0.4) is 0 Å². The van der Waals surface area contributed by atoms with Crippen LogP contribution in [0.4, 0.5) is 5.69 Å². The van der Waals surface area contributed by atoms with Crippen LogP contribution in [0, 0.1) is 4.91 Å². The number of carboxylic acids is 1. The van der Waals surface area contributed by atoms with Crippen LogP contribution >= 0.6 is 11.8 Å². The highest BCUT2D eigenvalue weighted by Crippen LogP contribution is 2.32. The molecule has 4 rings (SSSR count). The third kappa shape index (κ3) is 3.94. The fourth-order valence-corrected chi connectivity index (χ4v) is 3.33. The monoisotopic (exact) mass is 411 g/mol. The summed E-state index contributed by atoms with van der Waals surface area (Å²) in [4.78, 5) is 32.3. The molecule has 2 aromatic heterocycles. The number of rotatable bonds is 7. The van der Waals surface area contributed by atoms with E-state index in [2.05, 4.69) is 25.4 Å². The van der Waals surface area contributed by atoms with Crippen molar-refractivity contribution >= 4 is 34.3 Å². The summed E-state index contributed by atoms with van der Waals surface area (Å²) in [6, 6.07) is 11.0. The predicted molar refractivity (Wildman–Crippen MR) is 106 cm³/mol. The Morgan fingerprint density at radius 2 is 2.00 bits per heavy atom. The van der Waals surface area contributed by atoms with E-state index in [0.717, 1.165) is 33.8 Å². The number of hydrogen-bond acceptors (Lipinski definition) is 7. The van der Waals surface area contributed by atoms with Gasteiger partial charge in [0.15, 0.2) is 12.9 Å². The second kappa shape index (κ2) is 7.72. The van der Waals surface area contributed by atoms with E-state index in [0.29, 0.717) is 21.5 Å². The minimum atomic E-state index is -0.956. The lowest BCUT2D eigenvalue weighted by Gasteiger charge is -2.04. The fraction of sp³-hybridized carbons (Fsp3) is 0.111. The molecule has 0 amide bonds. The number of aromatic amines is 2. The Bertz CT molecular complexity index is 1220. The molecule has 0 fully saturated rings. The van der Waals surface area contributed by atoms with Gasteiger partial charge in [0.05, 0.1) is 22.4 Å². The number of nitrogens with zero attached hydrogens (tertiary/aromatic N) is 4. The van der Waals surface area contributed by atoms with Gasteiger partial charge in [-0.15, -0.1) is 5.10 Å². The molecule has 0 aliphatic carbocycles. The quantitative estimate of drug-likeness (QED) is 0.311. The molecule has 11 heteroatoms. The maximum atomic E-state index is 12.1. The highest BCUT2D eigenvalue weighted by Gasteiger charge is 2.20. The third-order valence-electron chi connectivity index (χ3n) is 4.13. The summed E-state index contributed by atoms with van der Waals surface area (Å²) in [5.41, 5.74) is 3.45. The predicted octanol–water partition coefficient (Wildman–Crippen LogP) is 3.16. The van der Waals surface area contributed by atoms with Gasteiger partial charge >= 0.3 is 11.7 Å². The third-order valence-corrected chi connectivity index (χ3v) is 4.96. The standard InChI is InChI=1S/C18H14N6O4S/c1-28-24(27)14-6-11(10-2-3-15-13(4-10)8-19-21-15)5-12(7-14)17-20-18(23-22-17)29-9-16(25)26/h2-8H,9H2,1H3,(H2-,19,20,21,22,23,25,26)/p+1. The molecule has 0 bridgehead atoms. The Labute approximate surface area is 167 Å². The van der Waals surface area contributed by atoms with Crippen LogP contribution in [0.1, 0.15) is 0 Å². The summed E-state index contributed by atoms with van der Waals surface area (Å²) >= 11 is 1.00. The lowest BCUT2D eigenvalue weighted by atomic mass is 10.0. The number of carbonyl (C=O) groups is 1. The number of nitrogens with one attached hydrogen (secondary N) is 2. The smallest absolute Gasteiger partial charge is 0.318 e. The highest BCUT2D eigenvalue weighted by atomic mass is 32.2. The molecule has 0 saturated carbocycles. The van der Waals surface area contributed by atoms with E-state index in [1.807, 2.05) is 24.3 Å². The Morgan fingerprint density at radius 1 is 1.17 bits per heavy atom. The van der Waals surface area contributed by atoms with E-state index in [1.165, 1.54) is 7.11 Å². The molecule has 0 unspecified atom stereocenters. The Morgan fingerprint density at radius 3 is 2.79 bits per heavy atom. The summed E-state index contributed by atoms with van der Waals surface area (Å²) in [7, 11) is 1.28. The van der Waals surface area contributed by atoms with Crippen LogP contribution in [-0.2, 0) is 9.63 Å². The number of fused-ring (bicyclic) bond motifs is 1. The molecule has 0 spiro atoms. The summed E-state index contributed by atoms with van der Waals surface area (Å²) < 4.78 is 0. The van der Waals surface area contributed by atoms with Gasteiger partial charge in [-0.25, -0.2) is 9.82 Å². The first kappa shape index (κ1) is 18.6. The van der Waals surface area contributed by atoms with Crippen molar-refractivity contribution in [1.29, 1.82) is 0 Å². The number of thioether (sulfide) groups is 1. The van der Waals surface area contributed by atoms with Crippen LogP contribution in [-0.4, -0.2) is 54.2 Å². The van der Waals surface area contributed by atoms with Gasteiger partial charge in [-0.3, -0.25) is 15.0 Å². The fourth-order valence-electron chi connectivity index (χ4n) is 2.81. The van der Waals surface area contributed by atoms with Crippen molar-refractivity contribution in [2.75, 3.05) is 12.9 Å². The molecule has 0 aliphatic heterocycles. The molecule has 0 radical (unpaired) electrons. The van der Waals surface area contributed by atoms with Crippen molar-refractivity contribution in [3.8, 4) is 22.5 Å².